The predicted molar refractivity (Wildman–Crippen MR) is 151 cm³/mol. The fourth-order valence-corrected chi connectivity index (χ4v) is 3.58. The minimum atomic E-state index is -0.0927. The molecule has 0 radical (unpaired) electrons. The molecule has 184 valence electrons. The number of aromatic nitrogens is 1. The van der Waals surface area contributed by atoms with Crippen LogP contribution in [0.15, 0.2) is 60.7 Å². The summed E-state index contributed by atoms with van der Waals surface area (Å²) in [5.41, 5.74) is 7.80. The highest BCUT2D eigenvalue weighted by molar-refractivity contribution is 9.10. The number of alkyl halides is 1. The van der Waals surface area contributed by atoms with Gasteiger partial charge in [0.05, 0.1) is 40.5 Å². The molecule has 6 nitrogen and oxygen atoms in total. The van der Waals surface area contributed by atoms with Gasteiger partial charge in [0.1, 0.15) is 5.01 Å². The summed E-state index contributed by atoms with van der Waals surface area (Å²) in [5, 5.41) is 24.9. The molecule has 1 aromatic heterocycles. The number of hydrogen-bond acceptors (Lipinski definition) is 7. The summed E-state index contributed by atoms with van der Waals surface area (Å²) in [5.74, 6) is 0.130. The second-order valence-corrected chi connectivity index (χ2v) is 9.86. The van der Waals surface area contributed by atoms with Crippen molar-refractivity contribution >= 4 is 50.3 Å². The van der Waals surface area contributed by atoms with Crippen molar-refractivity contribution in [3.05, 3.63) is 76.1 Å². The Bertz CT molecular complexity index is 1110. The summed E-state index contributed by atoms with van der Waals surface area (Å²) >= 11 is 9.18. The number of ketones is 1. The number of thiazole rings is 1. The summed E-state index contributed by atoms with van der Waals surface area (Å²) in [7, 11) is 0. The molecular weight excluding hydrogens is 544 g/mol. The Labute approximate surface area is 225 Å². The van der Waals surface area contributed by atoms with Gasteiger partial charge in [-0.25, -0.2) is 4.98 Å². The molecule has 3 N–H and O–H groups in total. The topological polar surface area (TPSA) is 124 Å². The molecular formula is C26H29BrN4O2S2. The maximum atomic E-state index is 11.3. The van der Waals surface area contributed by atoms with Gasteiger partial charge in [-0.3, -0.25) is 4.79 Å². The first-order valence-corrected chi connectivity index (χ1v) is 12.7. The zero-order valence-corrected chi connectivity index (χ0v) is 23.2. The smallest absolute Gasteiger partial charge is 0.176 e. The number of nitriles is 2. The van der Waals surface area contributed by atoms with Crippen molar-refractivity contribution in [3.63, 3.8) is 0 Å². The van der Waals surface area contributed by atoms with Crippen LogP contribution in [0.3, 0.4) is 0 Å². The van der Waals surface area contributed by atoms with Crippen LogP contribution in [0.4, 0.5) is 0 Å². The number of nitrogens with two attached hydrogens (primary N) is 1. The van der Waals surface area contributed by atoms with Crippen LogP contribution in [0.1, 0.15) is 40.5 Å². The molecule has 1 heterocycles. The molecule has 1 unspecified atom stereocenters. The number of thiocarbonyl (C=S) groups is 1. The molecule has 0 saturated heterocycles. The van der Waals surface area contributed by atoms with Gasteiger partial charge in [-0.05, 0) is 20.8 Å². The van der Waals surface area contributed by atoms with E-state index >= 15 is 0 Å². The van der Waals surface area contributed by atoms with Crippen LogP contribution in [0.5, 0.6) is 0 Å². The van der Waals surface area contributed by atoms with E-state index in [9.17, 15) is 4.79 Å². The Hall–Kier alpha value is -2.95. The summed E-state index contributed by atoms with van der Waals surface area (Å²) in [6, 6.07) is 23.3. The Morgan fingerprint density at radius 1 is 1.14 bits per heavy atom. The number of Topliss-reactive ketones (excluding diaryl/α,β-unsaturated/α-hetero) is 1. The highest BCUT2D eigenvalue weighted by Crippen LogP contribution is 2.27. The standard InChI is InChI=1S/C12H10N2S.C9H9BrO.C3H4N2S.C2H6O/c1-9-12(10-5-3-2-4-6-10)14-11(15-9)7-8-13;1-7(10)9(11)8-5-3-2-4-6-8;4-2-1-3(5)6;1-2-3/h2-6H,7H2,1H3;2-7H,1H3;1H2,(H2,5,6);3H,2H2,1H3. The normalized spacial score (nSPS) is 9.80. The lowest BCUT2D eigenvalue weighted by Gasteiger charge is -2.00. The van der Waals surface area contributed by atoms with Crippen LogP contribution >= 0.6 is 39.5 Å². The third kappa shape index (κ3) is 14.1. The van der Waals surface area contributed by atoms with Gasteiger partial charge in [0.2, 0.25) is 0 Å². The number of benzene rings is 2. The van der Waals surface area contributed by atoms with E-state index in [2.05, 4.69) is 39.2 Å². The van der Waals surface area contributed by atoms with Gasteiger partial charge < -0.3 is 10.8 Å². The third-order valence-electron chi connectivity index (χ3n) is 3.79. The summed E-state index contributed by atoms with van der Waals surface area (Å²) < 4.78 is 0. The number of carbonyl (C=O) groups is 1. The predicted octanol–water partition coefficient (Wildman–Crippen LogP) is 6.02. The van der Waals surface area contributed by atoms with Gasteiger partial charge in [-0.1, -0.05) is 88.8 Å². The lowest BCUT2D eigenvalue weighted by atomic mass is 10.1. The number of nitrogens with zero attached hydrogens (tertiary/aromatic N) is 3. The largest absolute Gasteiger partial charge is 0.397 e. The first kappa shape index (κ1) is 32.0. The Morgan fingerprint density at radius 3 is 2.06 bits per heavy atom. The lowest BCUT2D eigenvalue weighted by molar-refractivity contribution is 0.0996. The Morgan fingerprint density at radius 2 is 1.66 bits per heavy atom. The second kappa shape index (κ2) is 19.4. The fraction of sp³-hybridized carbons (Fsp3) is 0.269. The van der Waals surface area contributed by atoms with Crippen molar-refractivity contribution in [1.29, 1.82) is 10.5 Å². The molecule has 2 aromatic carbocycles. The lowest BCUT2D eigenvalue weighted by Crippen LogP contribution is -2.09. The van der Waals surface area contributed by atoms with Crippen LogP contribution in [0.25, 0.3) is 11.3 Å². The van der Waals surface area contributed by atoms with Crippen molar-refractivity contribution in [3.8, 4) is 23.4 Å². The highest BCUT2D eigenvalue weighted by atomic mass is 79.9. The molecule has 1 atom stereocenters. The molecule has 0 fully saturated rings. The molecule has 0 bridgehead atoms. The van der Waals surface area contributed by atoms with Crippen molar-refractivity contribution < 1.29 is 9.90 Å². The fourth-order valence-electron chi connectivity index (χ4n) is 2.37. The minimum Gasteiger partial charge on any atom is -0.397 e. The minimum absolute atomic E-state index is 0.0927. The number of aryl methyl sites for hydroxylation is 1. The number of aliphatic hydroxyl groups is 1. The van der Waals surface area contributed by atoms with Gasteiger partial charge >= 0.3 is 0 Å². The quantitative estimate of drug-likeness (QED) is 0.217. The highest BCUT2D eigenvalue weighted by Gasteiger charge is 2.10. The van der Waals surface area contributed by atoms with Crippen molar-refractivity contribution in [2.24, 2.45) is 5.73 Å². The molecule has 0 aliphatic heterocycles. The van der Waals surface area contributed by atoms with Crippen LogP contribution in [-0.4, -0.2) is 32.3 Å². The van der Waals surface area contributed by atoms with Gasteiger partial charge in [0, 0.05) is 22.6 Å². The Balaban J connectivity index is 0.000000508. The zero-order valence-electron chi connectivity index (χ0n) is 19.9. The monoisotopic (exact) mass is 572 g/mol. The van der Waals surface area contributed by atoms with Crippen molar-refractivity contribution in [2.75, 3.05) is 6.61 Å². The maximum absolute atomic E-state index is 11.3. The molecule has 3 aromatic rings. The number of rotatable bonds is 5. The van der Waals surface area contributed by atoms with Crippen molar-refractivity contribution in [1.82, 2.24) is 4.98 Å². The molecule has 0 spiro atoms. The number of halogens is 1. The van der Waals surface area contributed by atoms with Crippen LogP contribution in [0.2, 0.25) is 0 Å². The average Bonchev–Trinajstić information content (AvgIpc) is 3.21. The number of carbonyl (C=O) groups excluding carboxylic acids is 1. The van der Waals surface area contributed by atoms with Crippen LogP contribution in [-0.2, 0) is 6.42 Å². The molecule has 0 aliphatic carbocycles. The summed E-state index contributed by atoms with van der Waals surface area (Å²) in [4.78, 5) is 17.1. The molecule has 0 amide bonds. The first-order valence-electron chi connectivity index (χ1n) is 10.6. The van der Waals surface area contributed by atoms with Gasteiger partial charge in [0.15, 0.2) is 5.78 Å². The van der Waals surface area contributed by atoms with E-state index in [4.69, 9.17) is 21.4 Å². The first-order chi connectivity index (χ1) is 16.7. The van der Waals surface area contributed by atoms with Gasteiger partial charge in [0.25, 0.3) is 0 Å². The van der Waals surface area contributed by atoms with Gasteiger partial charge in [-0.2, -0.15) is 10.5 Å². The molecule has 35 heavy (non-hydrogen) atoms. The molecule has 9 heteroatoms. The average molecular weight is 574 g/mol. The van der Waals surface area contributed by atoms with Gasteiger partial charge in [-0.15, -0.1) is 11.3 Å². The van der Waals surface area contributed by atoms with E-state index in [1.54, 1.807) is 24.3 Å². The van der Waals surface area contributed by atoms with E-state index in [1.165, 1.54) is 4.88 Å². The number of hydrogen-bond donors (Lipinski definition) is 2. The Kier molecular flexibility index (Phi) is 17.7. The van der Waals surface area contributed by atoms with E-state index in [0.29, 0.717) is 6.42 Å². The number of aliphatic hydroxyl groups excluding tert-OH is 1. The second-order valence-electron chi connectivity index (χ2n) is 6.68. The third-order valence-corrected chi connectivity index (χ3v) is 5.32. The maximum Gasteiger partial charge on any atom is 0.176 e. The molecule has 3 rings (SSSR count). The molecule has 0 aliphatic rings. The van der Waals surface area contributed by atoms with Crippen molar-refractivity contribution in [2.45, 2.75) is 38.4 Å². The summed E-state index contributed by atoms with van der Waals surface area (Å²) in [6.07, 6.45) is 0.591. The zero-order chi connectivity index (χ0) is 26.6. The van der Waals surface area contributed by atoms with E-state index < -0.39 is 0 Å². The van der Waals surface area contributed by atoms with E-state index in [1.807, 2.05) is 74.5 Å². The molecule has 0 saturated carbocycles. The van der Waals surface area contributed by atoms with Crippen LogP contribution < -0.4 is 5.73 Å². The SMILES string of the molecule is CC(Br)C(=O)c1ccccc1.CCO.Cc1sc(CC#N)nc1-c1ccccc1.N#CCC(N)=S. The van der Waals surface area contributed by atoms with Crippen LogP contribution in [0, 0.1) is 29.6 Å². The van der Waals surface area contributed by atoms with E-state index in [0.717, 1.165) is 21.8 Å². The summed E-state index contributed by atoms with van der Waals surface area (Å²) in [6.45, 7) is 5.80. The van der Waals surface area contributed by atoms with E-state index in [-0.39, 0.29) is 28.6 Å².